The first-order valence-electron chi connectivity index (χ1n) is 6.17. The molecule has 106 valence electrons. The molecule has 0 radical (unpaired) electrons. The van der Waals surface area contributed by atoms with E-state index in [9.17, 15) is 9.00 Å². The summed E-state index contributed by atoms with van der Waals surface area (Å²) >= 11 is 0. The number of carbonyl (C=O) groups is 1. The molecule has 3 N–H and O–H groups in total. The van der Waals surface area contributed by atoms with E-state index in [2.05, 4.69) is 5.32 Å². The number of unbranched alkanes of at least 4 members (excludes halogenated alkanes) is 1. The molecule has 0 aliphatic carbocycles. The van der Waals surface area contributed by atoms with Gasteiger partial charge in [0.15, 0.2) is 0 Å². The van der Waals surface area contributed by atoms with Gasteiger partial charge in [0, 0.05) is 18.3 Å². The van der Waals surface area contributed by atoms with Crippen molar-refractivity contribution in [3.05, 3.63) is 18.2 Å². The van der Waals surface area contributed by atoms with Gasteiger partial charge in [0.05, 0.1) is 22.8 Å². The predicted molar refractivity (Wildman–Crippen MR) is 76.6 cm³/mol. The van der Waals surface area contributed by atoms with Gasteiger partial charge in [-0.3, -0.25) is 9.00 Å². The maximum atomic E-state index is 12.1. The number of nitrogens with one attached hydrogen (secondary N) is 1. The van der Waals surface area contributed by atoms with E-state index in [4.69, 9.17) is 10.5 Å². The minimum Gasteiger partial charge on any atom is -0.495 e. The number of anilines is 1. The maximum Gasteiger partial charge on any atom is 0.233 e. The molecule has 1 atom stereocenters. The number of hydrogen-bond donors (Lipinski definition) is 2. The molecule has 19 heavy (non-hydrogen) atoms. The third kappa shape index (κ3) is 4.90. The zero-order chi connectivity index (χ0) is 14.3. The number of rotatable bonds is 7. The van der Waals surface area contributed by atoms with Crippen LogP contribution >= 0.6 is 0 Å². The lowest BCUT2D eigenvalue weighted by molar-refractivity contribution is -0.118. The Labute approximate surface area is 116 Å². The lowest BCUT2D eigenvalue weighted by Gasteiger charge is -2.09. The van der Waals surface area contributed by atoms with Crippen LogP contribution in [0.1, 0.15) is 19.8 Å². The summed E-state index contributed by atoms with van der Waals surface area (Å²) in [4.78, 5) is 12.1. The van der Waals surface area contributed by atoms with E-state index in [0.717, 1.165) is 12.8 Å². The largest absolute Gasteiger partial charge is 0.495 e. The number of methoxy groups -OCH3 is 1. The Morgan fingerprint density at radius 3 is 2.84 bits per heavy atom. The Bertz CT molecular complexity index is 463. The van der Waals surface area contributed by atoms with Gasteiger partial charge in [-0.15, -0.1) is 0 Å². The fourth-order valence-electron chi connectivity index (χ4n) is 1.52. The summed E-state index contributed by atoms with van der Waals surface area (Å²) in [5.74, 6) is 0.162. The second-order valence-electron chi connectivity index (χ2n) is 4.10. The average molecular weight is 284 g/mol. The first-order valence-corrected chi connectivity index (χ1v) is 7.49. The highest BCUT2D eigenvalue weighted by atomic mass is 32.2. The van der Waals surface area contributed by atoms with Gasteiger partial charge in [-0.05, 0) is 18.6 Å². The molecule has 1 aromatic rings. The molecule has 0 heterocycles. The predicted octanol–water partition coefficient (Wildman–Crippen LogP) is 1.30. The number of amides is 1. The SMILES string of the molecule is CCCCNC(=O)CS(=O)c1ccc(N)cc1OC. The van der Waals surface area contributed by atoms with Crippen molar-refractivity contribution in [3.8, 4) is 5.75 Å². The fraction of sp³-hybridized carbons (Fsp3) is 0.462. The van der Waals surface area contributed by atoms with Crippen molar-refractivity contribution in [2.24, 2.45) is 0 Å². The summed E-state index contributed by atoms with van der Waals surface area (Å²) in [5.41, 5.74) is 6.16. The first-order chi connectivity index (χ1) is 9.08. The number of ether oxygens (including phenoxy) is 1. The van der Waals surface area contributed by atoms with Crippen LogP contribution in [0, 0.1) is 0 Å². The van der Waals surface area contributed by atoms with E-state index in [1.165, 1.54) is 7.11 Å². The molecule has 0 saturated carbocycles. The minimum atomic E-state index is -1.43. The average Bonchev–Trinajstić information content (AvgIpc) is 2.38. The summed E-state index contributed by atoms with van der Waals surface area (Å²) in [6.07, 6.45) is 1.93. The highest BCUT2D eigenvalue weighted by molar-refractivity contribution is 7.85. The smallest absolute Gasteiger partial charge is 0.233 e. The summed E-state index contributed by atoms with van der Waals surface area (Å²) in [5, 5.41) is 2.74. The molecule has 0 aliphatic rings. The molecule has 0 aliphatic heterocycles. The third-order valence-corrected chi connectivity index (χ3v) is 3.90. The summed E-state index contributed by atoms with van der Waals surface area (Å²) in [7, 11) is 0.0517. The van der Waals surface area contributed by atoms with Crippen molar-refractivity contribution >= 4 is 22.4 Å². The van der Waals surface area contributed by atoms with Crippen LogP contribution < -0.4 is 15.8 Å². The van der Waals surface area contributed by atoms with E-state index >= 15 is 0 Å². The fourth-order valence-corrected chi connectivity index (χ4v) is 2.61. The zero-order valence-electron chi connectivity index (χ0n) is 11.3. The lowest BCUT2D eigenvalue weighted by atomic mass is 10.3. The quantitative estimate of drug-likeness (QED) is 0.584. The Hall–Kier alpha value is -1.56. The molecule has 0 saturated heterocycles. The van der Waals surface area contributed by atoms with Crippen LogP contribution in [0.4, 0.5) is 5.69 Å². The summed E-state index contributed by atoms with van der Waals surface area (Å²) in [6, 6.07) is 4.87. The van der Waals surface area contributed by atoms with Gasteiger partial charge < -0.3 is 15.8 Å². The normalized spacial score (nSPS) is 11.9. The molecule has 0 spiro atoms. The van der Waals surface area contributed by atoms with Crippen LogP contribution in [0.5, 0.6) is 5.75 Å². The Kier molecular flexibility index (Phi) is 6.35. The van der Waals surface area contributed by atoms with Gasteiger partial charge in [-0.2, -0.15) is 0 Å². The lowest BCUT2D eigenvalue weighted by Crippen LogP contribution is -2.29. The van der Waals surface area contributed by atoms with Crippen molar-refractivity contribution in [3.63, 3.8) is 0 Å². The van der Waals surface area contributed by atoms with Crippen LogP contribution in [0.3, 0.4) is 0 Å². The minimum absolute atomic E-state index is 0.0655. The Morgan fingerprint density at radius 1 is 1.47 bits per heavy atom. The van der Waals surface area contributed by atoms with Gasteiger partial charge in [-0.25, -0.2) is 0 Å². The maximum absolute atomic E-state index is 12.1. The molecule has 1 unspecified atom stereocenters. The molecule has 0 aromatic heterocycles. The number of benzene rings is 1. The first kappa shape index (κ1) is 15.5. The van der Waals surface area contributed by atoms with E-state index in [-0.39, 0.29) is 11.7 Å². The van der Waals surface area contributed by atoms with E-state index in [1.807, 2.05) is 6.92 Å². The topological polar surface area (TPSA) is 81.4 Å². The summed E-state index contributed by atoms with van der Waals surface area (Å²) < 4.78 is 17.2. The van der Waals surface area contributed by atoms with Crippen LogP contribution in [0.25, 0.3) is 0 Å². The Balaban J connectivity index is 2.65. The van der Waals surface area contributed by atoms with Gasteiger partial charge >= 0.3 is 0 Å². The van der Waals surface area contributed by atoms with Crippen LogP contribution in [0.15, 0.2) is 23.1 Å². The molecule has 0 fully saturated rings. The van der Waals surface area contributed by atoms with Crippen LogP contribution in [0.2, 0.25) is 0 Å². The Morgan fingerprint density at radius 2 is 2.21 bits per heavy atom. The standard InChI is InChI=1S/C13H20N2O3S/c1-3-4-7-15-13(16)9-19(17)12-6-5-10(14)8-11(12)18-2/h5-6,8H,3-4,7,9,14H2,1-2H3,(H,15,16). The highest BCUT2D eigenvalue weighted by Crippen LogP contribution is 2.24. The molecule has 5 nitrogen and oxygen atoms in total. The monoisotopic (exact) mass is 284 g/mol. The zero-order valence-corrected chi connectivity index (χ0v) is 12.1. The van der Waals surface area contributed by atoms with Gasteiger partial charge in [0.1, 0.15) is 11.5 Å². The molecular formula is C13H20N2O3S. The molecule has 1 rings (SSSR count). The number of hydrogen-bond acceptors (Lipinski definition) is 4. The van der Waals surface area contributed by atoms with Gasteiger partial charge in [-0.1, -0.05) is 13.3 Å². The second kappa shape index (κ2) is 7.78. The van der Waals surface area contributed by atoms with Crippen molar-refractivity contribution in [1.29, 1.82) is 0 Å². The van der Waals surface area contributed by atoms with Crippen molar-refractivity contribution in [2.45, 2.75) is 24.7 Å². The third-order valence-electron chi connectivity index (χ3n) is 2.55. The molecular weight excluding hydrogens is 264 g/mol. The number of nitrogens with two attached hydrogens (primary N) is 1. The van der Waals surface area contributed by atoms with E-state index in [0.29, 0.717) is 22.9 Å². The molecule has 0 bridgehead atoms. The molecule has 1 amide bonds. The van der Waals surface area contributed by atoms with E-state index < -0.39 is 10.8 Å². The summed E-state index contributed by atoms with van der Waals surface area (Å²) in [6.45, 7) is 2.66. The highest BCUT2D eigenvalue weighted by Gasteiger charge is 2.14. The van der Waals surface area contributed by atoms with Gasteiger partial charge in [0.25, 0.3) is 0 Å². The van der Waals surface area contributed by atoms with E-state index in [1.54, 1.807) is 18.2 Å². The second-order valence-corrected chi connectivity index (χ2v) is 5.52. The van der Waals surface area contributed by atoms with Crippen molar-refractivity contribution in [2.75, 3.05) is 25.1 Å². The van der Waals surface area contributed by atoms with Crippen molar-refractivity contribution in [1.82, 2.24) is 5.32 Å². The number of nitrogen functional groups attached to an aromatic ring is 1. The van der Waals surface area contributed by atoms with Crippen molar-refractivity contribution < 1.29 is 13.7 Å². The molecule has 6 heteroatoms. The van der Waals surface area contributed by atoms with Gasteiger partial charge in [0.2, 0.25) is 5.91 Å². The number of carbonyl (C=O) groups excluding carboxylic acids is 1. The van der Waals surface area contributed by atoms with Crippen LogP contribution in [-0.2, 0) is 15.6 Å². The molecule has 1 aromatic carbocycles. The van der Waals surface area contributed by atoms with Crippen LogP contribution in [-0.4, -0.2) is 29.5 Å².